The average Bonchev–Trinajstić information content (AvgIpc) is 2.89. The first-order valence-corrected chi connectivity index (χ1v) is 9.23. The van der Waals surface area contributed by atoms with Crippen molar-refractivity contribution in [3.8, 4) is 0 Å². The van der Waals surface area contributed by atoms with Crippen LogP contribution in [-0.2, 0) is 14.4 Å². The molecule has 1 saturated carbocycles. The lowest BCUT2D eigenvalue weighted by atomic mass is 9.87. The molecule has 1 fully saturated rings. The fourth-order valence-corrected chi connectivity index (χ4v) is 3.54. The number of benzene rings is 1. The molecule has 4 nitrogen and oxygen atoms in total. The molecule has 1 aromatic carbocycles. The zero-order valence-corrected chi connectivity index (χ0v) is 16.2. The van der Waals surface area contributed by atoms with Crippen LogP contribution in [0.4, 0.5) is 0 Å². The number of hydrogen-bond donors (Lipinski definition) is 1. The standard InChI is InChI=1S/C23H27NO3/c1-5-6-7-9-17(4)23(27)24-13-12-18-14-19(25)21(22(18)26)20-15(2)10-8-11-16(20)3/h5-11,18,21H,1,12-14H2,2-4H3,(H,24,27)/b7-6-,17-9+. The van der Waals surface area contributed by atoms with Crippen molar-refractivity contribution in [2.24, 2.45) is 5.92 Å². The summed E-state index contributed by atoms with van der Waals surface area (Å²) in [5.41, 5.74) is 3.38. The normalized spacial score (nSPS) is 20.3. The molecule has 0 saturated heterocycles. The van der Waals surface area contributed by atoms with Crippen LogP contribution in [0.15, 0.2) is 54.7 Å². The summed E-state index contributed by atoms with van der Waals surface area (Å²) in [6.07, 6.45) is 7.57. The number of nitrogens with one attached hydrogen (secondary N) is 1. The molecule has 0 aromatic heterocycles. The van der Waals surface area contributed by atoms with Crippen molar-refractivity contribution >= 4 is 17.5 Å². The molecule has 1 aliphatic carbocycles. The maximum atomic E-state index is 12.8. The third-order valence-corrected chi connectivity index (χ3v) is 5.02. The number of amides is 1. The number of ketones is 2. The van der Waals surface area contributed by atoms with Gasteiger partial charge in [-0.2, -0.15) is 0 Å². The molecule has 2 atom stereocenters. The minimum absolute atomic E-state index is 0.0145. The Hall–Kier alpha value is -2.75. The smallest absolute Gasteiger partial charge is 0.246 e. The van der Waals surface area contributed by atoms with Gasteiger partial charge in [0.1, 0.15) is 11.7 Å². The van der Waals surface area contributed by atoms with Gasteiger partial charge in [-0.15, -0.1) is 0 Å². The molecular formula is C23H27NO3. The van der Waals surface area contributed by atoms with Crippen LogP contribution in [-0.4, -0.2) is 24.0 Å². The monoisotopic (exact) mass is 365 g/mol. The molecule has 27 heavy (non-hydrogen) atoms. The maximum Gasteiger partial charge on any atom is 0.246 e. The van der Waals surface area contributed by atoms with Gasteiger partial charge in [0.2, 0.25) is 5.91 Å². The second-order valence-electron chi connectivity index (χ2n) is 7.02. The zero-order valence-electron chi connectivity index (χ0n) is 16.2. The lowest BCUT2D eigenvalue weighted by Gasteiger charge is -2.15. The molecular weight excluding hydrogens is 338 g/mol. The third kappa shape index (κ3) is 4.91. The van der Waals surface area contributed by atoms with E-state index in [1.807, 2.05) is 32.0 Å². The van der Waals surface area contributed by atoms with Crippen molar-refractivity contribution < 1.29 is 14.4 Å². The average molecular weight is 365 g/mol. The van der Waals surface area contributed by atoms with Crippen LogP contribution in [0, 0.1) is 19.8 Å². The van der Waals surface area contributed by atoms with Crippen molar-refractivity contribution in [2.75, 3.05) is 6.54 Å². The third-order valence-electron chi connectivity index (χ3n) is 5.02. The highest BCUT2D eigenvalue weighted by Crippen LogP contribution is 2.36. The van der Waals surface area contributed by atoms with Gasteiger partial charge in [-0.1, -0.05) is 49.1 Å². The minimum atomic E-state index is -0.655. The largest absolute Gasteiger partial charge is 0.352 e. The summed E-state index contributed by atoms with van der Waals surface area (Å²) in [6.45, 7) is 9.55. The van der Waals surface area contributed by atoms with Gasteiger partial charge in [-0.3, -0.25) is 14.4 Å². The topological polar surface area (TPSA) is 63.2 Å². The Morgan fingerprint density at radius 2 is 1.89 bits per heavy atom. The highest BCUT2D eigenvalue weighted by Gasteiger charge is 2.42. The summed E-state index contributed by atoms with van der Waals surface area (Å²) in [4.78, 5) is 37.4. The first-order valence-electron chi connectivity index (χ1n) is 9.23. The van der Waals surface area contributed by atoms with Gasteiger partial charge in [0, 0.05) is 24.5 Å². The van der Waals surface area contributed by atoms with Crippen LogP contribution in [0.2, 0.25) is 0 Å². The number of carbonyl (C=O) groups is 3. The van der Waals surface area contributed by atoms with E-state index >= 15 is 0 Å². The van der Waals surface area contributed by atoms with Gasteiger partial charge in [-0.05, 0) is 43.9 Å². The Balaban J connectivity index is 1.98. The Labute approximate surface area is 161 Å². The van der Waals surface area contributed by atoms with Crippen molar-refractivity contribution in [2.45, 2.75) is 39.5 Å². The fourth-order valence-electron chi connectivity index (χ4n) is 3.54. The second kappa shape index (κ2) is 9.26. The molecule has 1 aliphatic rings. The number of carbonyl (C=O) groups excluding carboxylic acids is 3. The van der Waals surface area contributed by atoms with E-state index in [-0.39, 0.29) is 29.8 Å². The Morgan fingerprint density at radius 1 is 1.22 bits per heavy atom. The van der Waals surface area contributed by atoms with E-state index in [2.05, 4.69) is 11.9 Å². The number of rotatable bonds is 7. The summed E-state index contributed by atoms with van der Waals surface area (Å²) < 4.78 is 0. The van der Waals surface area contributed by atoms with E-state index in [0.29, 0.717) is 18.5 Å². The Morgan fingerprint density at radius 3 is 2.52 bits per heavy atom. The number of hydrogen-bond acceptors (Lipinski definition) is 3. The van der Waals surface area contributed by atoms with Crippen LogP contribution in [0.3, 0.4) is 0 Å². The quantitative estimate of drug-likeness (QED) is 0.455. The van der Waals surface area contributed by atoms with Crippen molar-refractivity contribution in [3.05, 3.63) is 71.3 Å². The van der Waals surface area contributed by atoms with E-state index in [1.54, 1.807) is 31.2 Å². The van der Waals surface area contributed by atoms with Crippen LogP contribution < -0.4 is 5.32 Å². The molecule has 2 unspecified atom stereocenters. The predicted octanol–water partition coefficient (Wildman–Crippen LogP) is 3.74. The SMILES string of the molecule is C=C/C=C\C=C(/C)C(=O)NCCC1CC(=O)C(c2c(C)cccc2C)C1=O. The van der Waals surface area contributed by atoms with E-state index in [9.17, 15) is 14.4 Å². The van der Waals surface area contributed by atoms with Crippen LogP contribution in [0.1, 0.15) is 42.4 Å². The lowest BCUT2D eigenvalue weighted by molar-refractivity contribution is -0.125. The van der Waals surface area contributed by atoms with E-state index in [4.69, 9.17) is 0 Å². The lowest BCUT2D eigenvalue weighted by Crippen LogP contribution is -2.27. The predicted molar refractivity (Wildman–Crippen MR) is 107 cm³/mol. The molecule has 0 spiro atoms. The number of allylic oxidation sites excluding steroid dienone is 4. The van der Waals surface area contributed by atoms with Gasteiger partial charge in [0.05, 0.1) is 0 Å². The molecule has 1 amide bonds. The van der Waals surface area contributed by atoms with Gasteiger partial charge in [0.25, 0.3) is 0 Å². The molecule has 2 rings (SSSR count). The number of Topliss-reactive ketones (excluding diaryl/α,β-unsaturated/α-hetero) is 2. The molecule has 142 valence electrons. The molecule has 0 bridgehead atoms. The van der Waals surface area contributed by atoms with E-state index in [1.165, 1.54) is 0 Å². The summed E-state index contributed by atoms with van der Waals surface area (Å²) in [5, 5.41) is 2.82. The first-order chi connectivity index (χ1) is 12.9. The second-order valence-corrected chi connectivity index (χ2v) is 7.02. The van der Waals surface area contributed by atoms with Gasteiger partial charge < -0.3 is 5.32 Å². The highest BCUT2D eigenvalue weighted by atomic mass is 16.2. The zero-order chi connectivity index (χ0) is 20.0. The van der Waals surface area contributed by atoms with E-state index in [0.717, 1.165) is 16.7 Å². The van der Waals surface area contributed by atoms with Crippen LogP contribution in [0.5, 0.6) is 0 Å². The van der Waals surface area contributed by atoms with Crippen molar-refractivity contribution in [1.82, 2.24) is 5.32 Å². The molecule has 1 aromatic rings. The molecule has 0 heterocycles. The summed E-state index contributed by atoms with van der Waals surface area (Å²) in [6, 6.07) is 5.81. The Bertz CT molecular complexity index is 797. The summed E-state index contributed by atoms with van der Waals surface area (Å²) >= 11 is 0. The first kappa shape index (κ1) is 20.6. The van der Waals surface area contributed by atoms with Gasteiger partial charge >= 0.3 is 0 Å². The Kier molecular flexibility index (Phi) is 7.05. The fraction of sp³-hybridized carbons (Fsp3) is 0.348. The van der Waals surface area contributed by atoms with Gasteiger partial charge in [-0.25, -0.2) is 0 Å². The van der Waals surface area contributed by atoms with Crippen molar-refractivity contribution in [1.29, 1.82) is 0 Å². The summed E-state index contributed by atoms with van der Waals surface area (Å²) in [5.74, 6) is -1.19. The molecule has 1 N–H and O–H groups in total. The van der Waals surface area contributed by atoms with Gasteiger partial charge in [0.15, 0.2) is 5.78 Å². The maximum absolute atomic E-state index is 12.8. The molecule has 0 aliphatic heterocycles. The summed E-state index contributed by atoms with van der Waals surface area (Å²) in [7, 11) is 0. The molecule has 0 radical (unpaired) electrons. The molecule has 4 heteroatoms. The van der Waals surface area contributed by atoms with Crippen LogP contribution >= 0.6 is 0 Å². The highest BCUT2D eigenvalue weighted by molar-refractivity contribution is 6.15. The van der Waals surface area contributed by atoms with E-state index < -0.39 is 5.92 Å². The van der Waals surface area contributed by atoms with Crippen molar-refractivity contribution in [3.63, 3.8) is 0 Å². The number of aryl methyl sites for hydroxylation is 2. The van der Waals surface area contributed by atoms with Crippen LogP contribution in [0.25, 0.3) is 0 Å². The minimum Gasteiger partial charge on any atom is -0.352 e.